The van der Waals surface area contributed by atoms with Gasteiger partial charge >= 0.3 is 0 Å². The van der Waals surface area contributed by atoms with E-state index in [2.05, 4.69) is 357 Å². The molecule has 0 amide bonds. The Hall–Kier alpha value is -10.2. The molecular formula is C112H136O8. The van der Waals surface area contributed by atoms with Gasteiger partial charge in [0.05, 0.1) is 0 Å². The SMILES string of the molecule is Cc1ccc(COc2c3cc(C(C)(C)C)cc2Cc2cc(C(C)(C)C)cc(c2O)Cc2cc(C(C)(C)C)cc(c2O)Cc2cc(C(C)(C)C)cc(c2OCc2ccc(C)cc2)Cc2cc(C(C)(C)C)cc(c2O)Cc2cc(C(C)(C)C)cc(c2OCc2ccc(C)cc2)Cc2cc(C(C)(C)C)cc(c2O)Cc2cc(C(C)(C)C)cc(c2O)C3)cc1. The van der Waals surface area contributed by atoms with Crippen molar-refractivity contribution in [3.05, 3.63) is 337 Å². The molecule has 0 saturated heterocycles. The molecule has 0 radical (unpaired) electrons. The third-order valence-corrected chi connectivity index (χ3v) is 24.6. The molecular weight excluding hydrogens is 1470 g/mol. The Morgan fingerprint density at radius 2 is 0.308 bits per heavy atom. The molecule has 11 aromatic carbocycles. The van der Waals surface area contributed by atoms with Gasteiger partial charge in [-0.1, -0.05) is 353 Å². The van der Waals surface area contributed by atoms with Crippen molar-refractivity contribution >= 4 is 0 Å². The number of aryl methyl sites for hydroxylation is 3. The van der Waals surface area contributed by atoms with E-state index in [4.69, 9.17) is 14.2 Å². The molecule has 632 valence electrons. The molecule has 11 aromatic rings. The first kappa shape index (κ1) is 89.1. The van der Waals surface area contributed by atoms with Gasteiger partial charge < -0.3 is 39.7 Å². The molecule has 0 aliphatic heterocycles. The minimum Gasteiger partial charge on any atom is -0.507 e. The molecule has 0 aromatic heterocycles. The monoisotopic (exact) mass is 1610 g/mol. The molecule has 0 spiro atoms. The number of rotatable bonds is 9. The minimum absolute atomic E-state index is 0.149. The fourth-order valence-electron chi connectivity index (χ4n) is 16.4. The molecule has 0 saturated carbocycles. The average molecular weight is 1610 g/mol. The number of phenolic OH excluding ortho intramolecular Hbond substituents is 5. The minimum atomic E-state index is -0.366. The van der Waals surface area contributed by atoms with E-state index < -0.39 is 0 Å². The van der Waals surface area contributed by atoms with Crippen LogP contribution in [0.5, 0.6) is 46.0 Å². The molecule has 120 heavy (non-hydrogen) atoms. The van der Waals surface area contributed by atoms with Gasteiger partial charge in [-0.3, -0.25) is 0 Å². The van der Waals surface area contributed by atoms with Crippen molar-refractivity contribution in [2.75, 3.05) is 0 Å². The molecule has 1 aliphatic rings. The number of hydrogen-bond acceptors (Lipinski definition) is 8. The first-order valence-corrected chi connectivity index (χ1v) is 43.5. The zero-order valence-electron chi connectivity index (χ0n) is 77.4. The number of fused-ring (bicyclic) bond motifs is 16. The summed E-state index contributed by atoms with van der Waals surface area (Å²) in [5.74, 6) is 2.85. The largest absolute Gasteiger partial charge is 0.507 e. The van der Waals surface area contributed by atoms with Crippen molar-refractivity contribution in [2.24, 2.45) is 0 Å². The second-order valence-electron chi connectivity index (χ2n) is 43.3. The van der Waals surface area contributed by atoms with Gasteiger partial charge in [-0.25, -0.2) is 0 Å². The van der Waals surface area contributed by atoms with Crippen LogP contribution in [0.3, 0.4) is 0 Å². The topological polar surface area (TPSA) is 129 Å². The van der Waals surface area contributed by atoms with E-state index in [-0.39, 0.29) is 105 Å². The van der Waals surface area contributed by atoms with Crippen LogP contribution >= 0.6 is 0 Å². The second kappa shape index (κ2) is 33.7. The van der Waals surface area contributed by atoms with Crippen LogP contribution in [0.2, 0.25) is 0 Å². The number of ether oxygens (including phenoxy) is 3. The number of hydrogen-bond donors (Lipinski definition) is 5. The van der Waals surface area contributed by atoms with Gasteiger partial charge in [0, 0.05) is 51.4 Å². The highest BCUT2D eigenvalue weighted by Gasteiger charge is 2.33. The van der Waals surface area contributed by atoms with Crippen LogP contribution < -0.4 is 14.2 Å². The predicted molar refractivity (Wildman–Crippen MR) is 498 cm³/mol. The standard InChI is InChI=1S/C112H136O8/c1-67-28-34-70(35-29-67)64-118-102-83-42-77-52-89(105(4,5)6)48-73(97(77)113)40-75-50-91(107(10,11)12)54-79(99(75)115)44-85-60-95(111(22,23)24)62-87(103(85)119-65-71-36-30-68(2)31-37-71)46-81-56-93(109(16,17)18)57-82(101(81)117)47-88-63-96(112(25,26)27)61-86(104(88)120-66-72-38-32-69(3)33-39-72)45-80-55-92(108(13,14)15)51-76(100(80)116)41-74-49-90(106(7,8)9)53-78(98(74)114)43-84(102)59-94(58-83)110(19,20)21/h28-39,48-63,113-117H,40-47,64-66H2,1-27H3. The summed E-state index contributed by atoms with van der Waals surface area (Å²) in [6.07, 6.45) is 2.26. The van der Waals surface area contributed by atoms with E-state index in [9.17, 15) is 25.5 Å². The van der Waals surface area contributed by atoms with E-state index in [1.165, 1.54) is 0 Å². The molecule has 8 heteroatoms. The Bertz CT molecular complexity index is 5300. The zero-order valence-corrected chi connectivity index (χ0v) is 77.4. The third kappa shape index (κ3) is 20.9. The summed E-state index contributed by atoms with van der Waals surface area (Å²) in [4.78, 5) is 0. The molecule has 0 atom stereocenters. The Labute approximate surface area is 719 Å². The summed E-state index contributed by atoms with van der Waals surface area (Å²) < 4.78 is 22.1. The highest BCUT2D eigenvalue weighted by atomic mass is 16.5. The normalized spacial score (nSPS) is 13.6. The fourth-order valence-corrected chi connectivity index (χ4v) is 16.4. The molecule has 0 fully saturated rings. The first-order chi connectivity index (χ1) is 55.7. The van der Waals surface area contributed by atoms with Gasteiger partial charge in [-0.2, -0.15) is 0 Å². The van der Waals surface area contributed by atoms with Crippen molar-refractivity contribution in [2.45, 2.75) is 301 Å². The van der Waals surface area contributed by atoms with Gasteiger partial charge in [-0.05, 0) is 214 Å². The summed E-state index contributed by atoms with van der Waals surface area (Å²) >= 11 is 0. The molecule has 0 unspecified atom stereocenters. The summed E-state index contributed by atoms with van der Waals surface area (Å²) in [6.45, 7) is 60.5. The second-order valence-corrected chi connectivity index (χ2v) is 43.3. The van der Waals surface area contributed by atoms with Gasteiger partial charge in [0.15, 0.2) is 0 Å². The predicted octanol–water partition coefficient (Wildman–Crippen LogP) is 27.3. The number of phenols is 5. The molecule has 16 bridgehead atoms. The smallest absolute Gasteiger partial charge is 0.126 e. The zero-order chi connectivity index (χ0) is 87.6. The Kier molecular flexibility index (Phi) is 25.0. The lowest BCUT2D eigenvalue weighted by Crippen LogP contribution is -2.16. The molecule has 1 aliphatic carbocycles. The Morgan fingerprint density at radius 3 is 0.433 bits per heavy atom. The Balaban J connectivity index is 1.17. The van der Waals surface area contributed by atoms with E-state index >= 15 is 0 Å². The van der Waals surface area contributed by atoms with Crippen molar-refractivity contribution in [1.29, 1.82) is 0 Å². The van der Waals surface area contributed by atoms with Crippen LogP contribution in [0.15, 0.2) is 170 Å². The lowest BCUT2D eigenvalue weighted by atomic mass is 9.79. The summed E-state index contributed by atoms with van der Waals surface area (Å²) in [5, 5.41) is 67.4. The van der Waals surface area contributed by atoms with Crippen molar-refractivity contribution in [3.63, 3.8) is 0 Å². The summed E-state index contributed by atoms with van der Waals surface area (Å²) in [7, 11) is 0. The van der Waals surface area contributed by atoms with Crippen LogP contribution in [-0.4, -0.2) is 25.5 Å². The summed E-state index contributed by atoms with van der Waals surface area (Å²) in [6, 6.07) is 60.6. The van der Waals surface area contributed by atoms with E-state index in [0.29, 0.717) is 78.0 Å². The van der Waals surface area contributed by atoms with Crippen molar-refractivity contribution in [3.8, 4) is 46.0 Å². The third-order valence-electron chi connectivity index (χ3n) is 24.6. The lowest BCUT2D eigenvalue weighted by molar-refractivity contribution is 0.300. The summed E-state index contributed by atoms with van der Waals surface area (Å²) in [5.41, 5.74) is 24.6. The van der Waals surface area contributed by atoms with Gasteiger partial charge in [-0.15, -0.1) is 0 Å². The molecule has 5 N–H and O–H groups in total. The fraction of sp³-hybridized carbons (Fsp3) is 0.411. The number of aromatic hydroxyl groups is 5. The maximum atomic E-state index is 13.6. The average Bonchev–Trinajstić information content (AvgIpc) is 0.768. The molecule has 8 nitrogen and oxygen atoms in total. The van der Waals surface area contributed by atoms with E-state index in [1.807, 2.05) is 0 Å². The van der Waals surface area contributed by atoms with E-state index in [1.54, 1.807) is 0 Å². The first-order valence-electron chi connectivity index (χ1n) is 43.5. The van der Waals surface area contributed by atoms with Crippen LogP contribution in [0, 0.1) is 20.8 Å². The molecule has 12 rings (SSSR count). The highest BCUT2D eigenvalue weighted by Crippen LogP contribution is 2.48. The van der Waals surface area contributed by atoms with Crippen LogP contribution in [-0.2, 0) is 115 Å². The Morgan fingerprint density at radius 1 is 0.192 bits per heavy atom. The lowest BCUT2D eigenvalue weighted by Gasteiger charge is -2.28. The maximum absolute atomic E-state index is 13.6. The van der Waals surface area contributed by atoms with Gasteiger partial charge in [0.25, 0.3) is 0 Å². The van der Waals surface area contributed by atoms with E-state index in [0.717, 1.165) is 145 Å². The van der Waals surface area contributed by atoms with Crippen molar-refractivity contribution < 1.29 is 39.7 Å². The van der Waals surface area contributed by atoms with Crippen molar-refractivity contribution in [1.82, 2.24) is 0 Å². The van der Waals surface area contributed by atoms with Crippen LogP contribution in [0.1, 0.15) is 333 Å². The quantitative estimate of drug-likeness (QED) is 0.0967. The van der Waals surface area contributed by atoms with Crippen LogP contribution in [0.4, 0.5) is 0 Å². The maximum Gasteiger partial charge on any atom is 0.126 e. The van der Waals surface area contributed by atoms with Gasteiger partial charge in [0.2, 0.25) is 0 Å². The van der Waals surface area contributed by atoms with Crippen LogP contribution in [0.25, 0.3) is 0 Å². The molecule has 0 heterocycles. The highest BCUT2D eigenvalue weighted by molar-refractivity contribution is 5.63. The number of benzene rings is 11. The van der Waals surface area contributed by atoms with Gasteiger partial charge in [0.1, 0.15) is 65.8 Å².